The second kappa shape index (κ2) is 21.3. The Hall–Kier alpha value is -12.9. The molecule has 4 aliphatic carbocycles. The zero-order valence-corrected chi connectivity index (χ0v) is 56.4. The van der Waals surface area contributed by atoms with Crippen LogP contribution in [-0.4, -0.2) is 0 Å². The Morgan fingerprint density at radius 2 is 0.588 bits per heavy atom. The van der Waals surface area contributed by atoms with E-state index >= 15 is 0 Å². The predicted molar refractivity (Wildman–Crippen MR) is 428 cm³/mol. The number of anilines is 6. The van der Waals surface area contributed by atoms with Crippen molar-refractivity contribution >= 4 is 98.8 Å². The van der Waals surface area contributed by atoms with Crippen LogP contribution in [0, 0.1) is 13.8 Å². The first-order chi connectivity index (χ1) is 50.5. The molecule has 0 saturated carbocycles. The Balaban J connectivity index is 0.765. The molecule has 0 amide bonds. The summed E-state index contributed by atoms with van der Waals surface area (Å²) in [5.41, 5.74) is 31.6. The van der Waals surface area contributed by atoms with Crippen LogP contribution in [0.2, 0.25) is 0 Å². The smallest absolute Gasteiger partial charge is 0.0732 e. The van der Waals surface area contributed by atoms with Gasteiger partial charge in [0.05, 0.1) is 10.8 Å². The Morgan fingerprint density at radius 3 is 1.15 bits per heavy atom. The van der Waals surface area contributed by atoms with Crippen LogP contribution in [0.4, 0.5) is 34.1 Å². The molecule has 0 aromatic heterocycles. The molecule has 0 saturated heterocycles. The molecule has 18 aromatic carbocycles. The average Bonchev–Trinajstić information content (AvgIpc) is 1.49. The molecule has 22 rings (SSSR count). The molecule has 0 atom stereocenters. The molecule has 2 heteroatoms. The van der Waals surface area contributed by atoms with Crippen molar-refractivity contribution in [2.24, 2.45) is 0 Å². The van der Waals surface area contributed by atoms with Crippen molar-refractivity contribution < 1.29 is 0 Å². The first-order valence-corrected chi connectivity index (χ1v) is 35.8. The van der Waals surface area contributed by atoms with Crippen LogP contribution in [0.1, 0.15) is 55.6 Å². The lowest BCUT2D eigenvalue weighted by Crippen LogP contribution is -2.26. The number of para-hydroxylation sites is 2. The lowest BCUT2D eigenvalue weighted by molar-refractivity contribution is 0.802. The van der Waals surface area contributed by atoms with Gasteiger partial charge in [-0.1, -0.05) is 285 Å². The molecular formula is C100H64N2. The highest BCUT2D eigenvalue weighted by atomic mass is 15.1. The maximum atomic E-state index is 2.52. The number of fused-ring (bicyclic) bond motifs is 34. The molecule has 4 aliphatic rings. The summed E-state index contributed by atoms with van der Waals surface area (Å²) < 4.78 is 0. The number of hydrogen-bond acceptors (Lipinski definition) is 2. The van der Waals surface area contributed by atoms with Gasteiger partial charge in [-0.25, -0.2) is 0 Å². The standard InChI is InChI=1S/C100H64N2/c1-61-26-23-32-66(58-61)101(64-28-5-3-6-29-64)67-51-53-82-84(59-67)73-35-12-14-41-81(73)96-94-79-44-24-43-71(74(79)55-57-91(94)100(98(82)96)88-47-21-17-38-77(88)78-39-18-22-48-89(78)100)69-42-25-49-92(62(69)2)102(65-30-7-4-8-31-65)68-52-54-83-85(60-68)72-34-11-13-40-80(72)95-93-70-33-10-9-27-63(70)50-56-90(93)99(97(83)95)86-45-19-15-36-75(86)76-37-16-20-46-87(76)99/h3-60H,1-2H3. The van der Waals surface area contributed by atoms with Crippen molar-refractivity contribution in [3.63, 3.8) is 0 Å². The van der Waals surface area contributed by atoms with Crippen molar-refractivity contribution in [1.29, 1.82) is 0 Å². The first-order valence-electron chi connectivity index (χ1n) is 35.8. The SMILES string of the molecule is Cc1cccc(N(c2ccccc2)c2ccc3c4c(c5ccccc5c3c2)-c2c(ccc3c(-c5cccc(N(c6ccccc6)c6ccc7c8c(c9ccccc9c7c6)-c6c(ccc7ccccc67)C86c7ccccc7-c7ccccc76)c5C)cccc23)C42c3ccccc3-c3ccccc32)c1. The van der Waals surface area contributed by atoms with Gasteiger partial charge in [0, 0.05) is 34.1 Å². The molecule has 0 aliphatic heterocycles. The topological polar surface area (TPSA) is 6.48 Å². The number of benzene rings is 18. The van der Waals surface area contributed by atoms with Crippen molar-refractivity contribution in [2.45, 2.75) is 24.7 Å². The molecule has 0 heterocycles. The van der Waals surface area contributed by atoms with E-state index in [2.05, 4.69) is 375 Å². The third kappa shape index (κ3) is 7.47. The Bertz CT molecular complexity index is 6580. The second-order valence-corrected chi connectivity index (χ2v) is 28.5. The summed E-state index contributed by atoms with van der Waals surface area (Å²) in [5.74, 6) is 0. The van der Waals surface area contributed by atoms with E-state index in [1.165, 1.54) is 176 Å². The quantitative estimate of drug-likeness (QED) is 0.147. The fourth-order valence-corrected chi connectivity index (χ4v) is 19.8. The minimum absolute atomic E-state index is 0.554. The molecule has 474 valence electrons. The molecule has 2 spiro atoms. The summed E-state index contributed by atoms with van der Waals surface area (Å²) in [6, 6.07) is 134. The van der Waals surface area contributed by atoms with Gasteiger partial charge in [-0.15, -0.1) is 0 Å². The van der Waals surface area contributed by atoms with Gasteiger partial charge in [-0.05, 0) is 256 Å². The number of rotatable bonds is 7. The minimum atomic E-state index is -0.621. The number of hydrogen-bond donors (Lipinski definition) is 0. The van der Waals surface area contributed by atoms with Crippen molar-refractivity contribution in [1.82, 2.24) is 0 Å². The lowest BCUT2D eigenvalue weighted by Gasteiger charge is -2.32. The summed E-state index contributed by atoms with van der Waals surface area (Å²) >= 11 is 0. The van der Waals surface area contributed by atoms with E-state index in [9.17, 15) is 0 Å². The van der Waals surface area contributed by atoms with Gasteiger partial charge < -0.3 is 9.80 Å². The highest BCUT2D eigenvalue weighted by Crippen LogP contribution is 2.69. The molecule has 0 fully saturated rings. The van der Waals surface area contributed by atoms with Crippen LogP contribution in [0.25, 0.3) is 120 Å². The maximum absolute atomic E-state index is 2.52. The second-order valence-electron chi connectivity index (χ2n) is 28.5. The average molecular weight is 1290 g/mol. The van der Waals surface area contributed by atoms with Crippen LogP contribution in [0.15, 0.2) is 352 Å². The summed E-state index contributed by atoms with van der Waals surface area (Å²) in [6.07, 6.45) is 0. The van der Waals surface area contributed by atoms with Crippen LogP contribution < -0.4 is 9.80 Å². The Labute approximate surface area is 592 Å². The molecule has 18 aromatic rings. The molecule has 102 heavy (non-hydrogen) atoms. The van der Waals surface area contributed by atoms with E-state index in [1.54, 1.807) is 0 Å². The Kier molecular flexibility index (Phi) is 11.9. The third-order valence-corrected chi connectivity index (χ3v) is 23.6. The van der Waals surface area contributed by atoms with Crippen LogP contribution >= 0.6 is 0 Å². The zero-order chi connectivity index (χ0) is 67.1. The van der Waals surface area contributed by atoms with E-state index < -0.39 is 10.8 Å². The zero-order valence-electron chi connectivity index (χ0n) is 56.4. The maximum Gasteiger partial charge on any atom is 0.0732 e. The normalized spacial score (nSPS) is 13.5. The fraction of sp³-hybridized carbons (Fsp3) is 0.0400. The predicted octanol–water partition coefficient (Wildman–Crippen LogP) is 26.5. The van der Waals surface area contributed by atoms with Crippen LogP contribution in [0.5, 0.6) is 0 Å². The minimum Gasteiger partial charge on any atom is -0.310 e. The van der Waals surface area contributed by atoms with Crippen molar-refractivity contribution in [3.05, 3.63) is 407 Å². The van der Waals surface area contributed by atoms with Gasteiger partial charge in [-0.3, -0.25) is 0 Å². The fourth-order valence-electron chi connectivity index (χ4n) is 19.8. The third-order valence-electron chi connectivity index (χ3n) is 23.6. The van der Waals surface area contributed by atoms with Gasteiger partial charge in [0.15, 0.2) is 0 Å². The van der Waals surface area contributed by atoms with Crippen LogP contribution in [-0.2, 0) is 10.8 Å². The van der Waals surface area contributed by atoms with E-state index in [1.807, 2.05) is 0 Å². The Morgan fingerprint density at radius 1 is 0.206 bits per heavy atom. The molecule has 0 radical (unpaired) electrons. The summed E-state index contributed by atoms with van der Waals surface area (Å²) in [6.45, 7) is 4.53. The molecule has 2 nitrogen and oxygen atoms in total. The van der Waals surface area contributed by atoms with E-state index in [0.29, 0.717) is 0 Å². The van der Waals surface area contributed by atoms with E-state index in [4.69, 9.17) is 0 Å². The molecule has 0 N–H and O–H groups in total. The van der Waals surface area contributed by atoms with Crippen molar-refractivity contribution in [3.8, 4) is 55.6 Å². The summed E-state index contributed by atoms with van der Waals surface area (Å²) in [7, 11) is 0. The molecular weight excluding hydrogens is 1230 g/mol. The summed E-state index contributed by atoms with van der Waals surface area (Å²) in [5, 5.41) is 15.0. The van der Waals surface area contributed by atoms with Gasteiger partial charge in [0.1, 0.15) is 0 Å². The summed E-state index contributed by atoms with van der Waals surface area (Å²) in [4.78, 5) is 4.93. The van der Waals surface area contributed by atoms with Gasteiger partial charge in [-0.2, -0.15) is 0 Å². The van der Waals surface area contributed by atoms with Gasteiger partial charge in [0.25, 0.3) is 0 Å². The number of nitrogens with zero attached hydrogens (tertiary/aromatic N) is 2. The van der Waals surface area contributed by atoms with E-state index in [0.717, 1.165) is 34.1 Å². The molecule has 0 unspecified atom stereocenters. The largest absolute Gasteiger partial charge is 0.310 e. The van der Waals surface area contributed by atoms with E-state index in [-0.39, 0.29) is 0 Å². The van der Waals surface area contributed by atoms with Crippen LogP contribution in [0.3, 0.4) is 0 Å². The highest BCUT2D eigenvalue weighted by molar-refractivity contribution is 6.26. The first kappa shape index (κ1) is 57.1. The monoisotopic (exact) mass is 1290 g/mol. The van der Waals surface area contributed by atoms with Gasteiger partial charge in [0.2, 0.25) is 0 Å². The lowest BCUT2D eigenvalue weighted by atomic mass is 9.69. The highest BCUT2D eigenvalue weighted by Gasteiger charge is 2.55. The molecule has 0 bridgehead atoms. The van der Waals surface area contributed by atoms with Gasteiger partial charge >= 0.3 is 0 Å². The van der Waals surface area contributed by atoms with Crippen molar-refractivity contribution in [2.75, 3.05) is 9.80 Å². The number of aryl methyl sites for hydroxylation is 1.